The van der Waals surface area contributed by atoms with Crippen LogP contribution in [0.3, 0.4) is 0 Å². The molecule has 1 heterocycles. The van der Waals surface area contributed by atoms with Gasteiger partial charge in [-0.2, -0.15) is 0 Å². The van der Waals surface area contributed by atoms with Crippen LogP contribution >= 0.6 is 11.8 Å². The maximum absolute atomic E-state index is 9.53. The molecule has 1 fully saturated rings. The normalized spacial score (nSPS) is 18.5. The molecule has 1 aromatic heterocycles. The van der Waals surface area contributed by atoms with Crippen molar-refractivity contribution in [2.75, 3.05) is 11.6 Å². The first-order valence-electron chi connectivity index (χ1n) is 9.38. The Morgan fingerprint density at radius 2 is 1.54 bits per heavy atom. The SMILES string of the molecule is CC.CC.CC(C)(O)O.CSc1nc(C)c(C)c(NC2CCC(O)C2)n1. The molecule has 0 amide bonds. The summed E-state index contributed by atoms with van der Waals surface area (Å²) in [6.45, 7) is 14.6. The van der Waals surface area contributed by atoms with Crippen LogP contribution in [0.4, 0.5) is 5.82 Å². The molecular weight excluding hydrogens is 350 g/mol. The Balaban J connectivity index is 0. The monoisotopic (exact) mass is 389 g/mol. The molecule has 26 heavy (non-hydrogen) atoms. The van der Waals surface area contributed by atoms with Gasteiger partial charge in [0.05, 0.1) is 6.10 Å². The van der Waals surface area contributed by atoms with Crippen LogP contribution < -0.4 is 5.32 Å². The standard InChI is InChI=1S/C12H19N3OS.C3H8O2.2C2H6/c1-7-8(2)13-12(17-3)15-11(7)14-9-4-5-10(16)6-9;1-3(2,4)5;2*1-2/h9-10,16H,4-6H2,1-3H3,(H,13,14,15);4-5H,1-2H3;2*1-2H3. The number of nitrogens with one attached hydrogen (secondary N) is 1. The Morgan fingerprint density at radius 1 is 1.04 bits per heavy atom. The molecule has 154 valence electrons. The lowest BCUT2D eigenvalue weighted by Crippen LogP contribution is -2.19. The van der Waals surface area contributed by atoms with Crippen LogP contribution in [0.25, 0.3) is 0 Å². The molecule has 0 aliphatic heterocycles. The first-order chi connectivity index (χ1) is 12.1. The smallest absolute Gasteiger partial charge is 0.189 e. The van der Waals surface area contributed by atoms with E-state index in [1.54, 1.807) is 11.8 Å². The van der Waals surface area contributed by atoms with Crippen molar-refractivity contribution >= 4 is 17.6 Å². The Bertz CT molecular complexity index is 488. The van der Waals surface area contributed by atoms with Gasteiger partial charge >= 0.3 is 0 Å². The molecule has 7 heteroatoms. The summed E-state index contributed by atoms with van der Waals surface area (Å²) in [7, 11) is 0. The number of aryl methyl sites for hydroxylation is 1. The van der Waals surface area contributed by atoms with Crippen LogP contribution in [-0.2, 0) is 0 Å². The number of aromatic nitrogens is 2. The molecule has 1 aromatic rings. The van der Waals surface area contributed by atoms with Crippen molar-refractivity contribution in [3.63, 3.8) is 0 Å². The Labute approximate surface area is 163 Å². The summed E-state index contributed by atoms with van der Waals surface area (Å²) >= 11 is 1.55. The zero-order valence-corrected chi connectivity index (χ0v) is 18.7. The van der Waals surface area contributed by atoms with E-state index in [0.29, 0.717) is 6.04 Å². The van der Waals surface area contributed by atoms with Gasteiger partial charge in [0, 0.05) is 17.3 Å². The summed E-state index contributed by atoms with van der Waals surface area (Å²) in [6.07, 6.45) is 4.54. The summed E-state index contributed by atoms with van der Waals surface area (Å²) in [5.74, 6) is -0.582. The van der Waals surface area contributed by atoms with Gasteiger partial charge in [0.2, 0.25) is 0 Å². The average molecular weight is 390 g/mol. The van der Waals surface area contributed by atoms with Gasteiger partial charge in [-0.1, -0.05) is 39.5 Å². The third-order valence-electron chi connectivity index (χ3n) is 3.30. The van der Waals surface area contributed by atoms with E-state index in [1.165, 1.54) is 13.8 Å². The first-order valence-corrected chi connectivity index (χ1v) is 10.6. The van der Waals surface area contributed by atoms with Crippen molar-refractivity contribution in [3.05, 3.63) is 11.3 Å². The van der Waals surface area contributed by atoms with Gasteiger partial charge in [-0.05, 0) is 53.2 Å². The van der Waals surface area contributed by atoms with Crippen molar-refractivity contribution in [1.82, 2.24) is 9.97 Å². The Hall–Kier alpha value is -0.890. The number of thioether (sulfide) groups is 1. The van der Waals surface area contributed by atoms with E-state index in [-0.39, 0.29) is 6.10 Å². The first kappa shape index (κ1) is 27.3. The predicted molar refractivity (Wildman–Crippen MR) is 112 cm³/mol. The minimum Gasteiger partial charge on any atom is -0.393 e. The molecule has 2 rings (SSSR count). The molecule has 0 saturated heterocycles. The lowest BCUT2D eigenvalue weighted by atomic mass is 10.2. The van der Waals surface area contributed by atoms with E-state index in [9.17, 15) is 5.11 Å². The van der Waals surface area contributed by atoms with Crippen LogP contribution in [-0.4, -0.2) is 49.5 Å². The predicted octanol–water partition coefficient (Wildman–Crippen LogP) is 3.90. The molecule has 6 nitrogen and oxygen atoms in total. The minimum absolute atomic E-state index is 0.157. The van der Waals surface area contributed by atoms with Gasteiger partial charge in [0.15, 0.2) is 10.9 Å². The van der Waals surface area contributed by atoms with E-state index < -0.39 is 5.79 Å². The van der Waals surface area contributed by atoms with Gasteiger partial charge in [-0.3, -0.25) is 0 Å². The van der Waals surface area contributed by atoms with Gasteiger partial charge in [0.1, 0.15) is 5.82 Å². The highest BCUT2D eigenvalue weighted by Crippen LogP contribution is 2.25. The summed E-state index contributed by atoms with van der Waals surface area (Å²) < 4.78 is 0. The quantitative estimate of drug-likeness (QED) is 0.353. The molecule has 0 spiro atoms. The number of anilines is 1. The molecule has 2 atom stereocenters. The molecule has 1 aliphatic rings. The highest BCUT2D eigenvalue weighted by atomic mass is 32.2. The second-order valence-electron chi connectivity index (χ2n) is 6.07. The number of aliphatic hydroxyl groups is 3. The summed E-state index contributed by atoms with van der Waals surface area (Å²) in [4.78, 5) is 8.90. The largest absolute Gasteiger partial charge is 0.393 e. The number of rotatable bonds is 3. The third kappa shape index (κ3) is 12.5. The minimum atomic E-state index is -1.50. The van der Waals surface area contributed by atoms with E-state index >= 15 is 0 Å². The van der Waals surface area contributed by atoms with Crippen LogP contribution in [0.1, 0.15) is 72.1 Å². The maximum Gasteiger partial charge on any atom is 0.189 e. The number of aliphatic hydroxyl groups excluding tert-OH is 1. The molecule has 0 aromatic carbocycles. The summed E-state index contributed by atoms with van der Waals surface area (Å²) in [5.41, 5.74) is 2.12. The Kier molecular flexibility index (Phi) is 14.9. The van der Waals surface area contributed by atoms with Crippen molar-refractivity contribution in [2.45, 2.75) is 97.7 Å². The molecule has 2 unspecified atom stereocenters. The van der Waals surface area contributed by atoms with Crippen molar-refractivity contribution < 1.29 is 15.3 Å². The van der Waals surface area contributed by atoms with E-state index in [2.05, 4.69) is 15.3 Å². The zero-order valence-electron chi connectivity index (χ0n) is 17.9. The lowest BCUT2D eigenvalue weighted by molar-refractivity contribution is -0.127. The van der Waals surface area contributed by atoms with Gasteiger partial charge in [0.25, 0.3) is 0 Å². The average Bonchev–Trinajstić information content (AvgIpc) is 2.99. The molecule has 1 saturated carbocycles. The van der Waals surface area contributed by atoms with Crippen molar-refractivity contribution in [3.8, 4) is 0 Å². The summed E-state index contributed by atoms with van der Waals surface area (Å²) in [6, 6.07) is 0.340. The van der Waals surface area contributed by atoms with Crippen molar-refractivity contribution in [1.29, 1.82) is 0 Å². The van der Waals surface area contributed by atoms with Crippen LogP contribution in [0.15, 0.2) is 5.16 Å². The highest BCUT2D eigenvalue weighted by Gasteiger charge is 2.23. The molecule has 4 N–H and O–H groups in total. The van der Waals surface area contributed by atoms with Gasteiger partial charge < -0.3 is 20.6 Å². The van der Waals surface area contributed by atoms with E-state index in [4.69, 9.17) is 10.2 Å². The Morgan fingerprint density at radius 3 is 1.92 bits per heavy atom. The fourth-order valence-corrected chi connectivity index (χ4v) is 2.53. The van der Waals surface area contributed by atoms with E-state index in [1.807, 2.05) is 47.8 Å². The highest BCUT2D eigenvalue weighted by molar-refractivity contribution is 7.98. The van der Waals surface area contributed by atoms with Crippen LogP contribution in [0.5, 0.6) is 0 Å². The molecular formula is C19H39N3O3S. The molecule has 0 bridgehead atoms. The second kappa shape index (κ2) is 14.2. The second-order valence-corrected chi connectivity index (χ2v) is 6.85. The van der Waals surface area contributed by atoms with Crippen LogP contribution in [0, 0.1) is 13.8 Å². The van der Waals surface area contributed by atoms with Crippen LogP contribution in [0.2, 0.25) is 0 Å². The topological polar surface area (TPSA) is 98.5 Å². The number of hydrogen-bond donors (Lipinski definition) is 4. The fourth-order valence-electron chi connectivity index (χ4n) is 2.12. The van der Waals surface area contributed by atoms with Gasteiger partial charge in [-0.15, -0.1) is 0 Å². The van der Waals surface area contributed by atoms with Crippen molar-refractivity contribution in [2.24, 2.45) is 0 Å². The molecule has 1 aliphatic carbocycles. The maximum atomic E-state index is 9.53. The molecule has 0 radical (unpaired) electrons. The van der Waals surface area contributed by atoms with Gasteiger partial charge in [-0.25, -0.2) is 9.97 Å². The number of nitrogens with zero attached hydrogens (tertiary/aromatic N) is 2. The fraction of sp³-hybridized carbons (Fsp3) is 0.789. The van der Waals surface area contributed by atoms with E-state index in [0.717, 1.165) is 41.5 Å². The lowest BCUT2D eigenvalue weighted by Gasteiger charge is -2.16. The number of hydrogen-bond acceptors (Lipinski definition) is 7. The third-order valence-corrected chi connectivity index (χ3v) is 3.84. The zero-order chi connectivity index (χ0) is 20.9. The summed E-state index contributed by atoms with van der Waals surface area (Å²) in [5, 5.41) is 29.9.